The van der Waals surface area contributed by atoms with E-state index in [9.17, 15) is 0 Å². The second-order valence-electron chi connectivity index (χ2n) is 2.52. The highest BCUT2D eigenvalue weighted by molar-refractivity contribution is 5.71. The SMILES string of the molecule is C\C=C/C=N/C(C)=C(\C)CC. The van der Waals surface area contributed by atoms with E-state index in [1.54, 1.807) is 0 Å². The van der Waals surface area contributed by atoms with Crippen molar-refractivity contribution in [1.29, 1.82) is 0 Å². The van der Waals surface area contributed by atoms with Gasteiger partial charge in [-0.25, -0.2) is 0 Å². The highest BCUT2D eigenvalue weighted by Crippen LogP contribution is 2.06. The molecule has 62 valence electrons. The summed E-state index contributed by atoms with van der Waals surface area (Å²) in [7, 11) is 0. The van der Waals surface area contributed by atoms with E-state index >= 15 is 0 Å². The van der Waals surface area contributed by atoms with Gasteiger partial charge in [0.2, 0.25) is 0 Å². The van der Waals surface area contributed by atoms with Gasteiger partial charge < -0.3 is 0 Å². The molecule has 0 atom stereocenters. The Morgan fingerprint density at radius 3 is 2.45 bits per heavy atom. The molecular weight excluding hydrogens is 134 g/mol. The molecule has 0 spiro atoms. The van der Waals surface area contributed by atoms with Crippen LogP contribution in [0, 0.1) is 0 Å². The van der Waals surface area contributed by atoms with Crippen molar-refractivity contribution < 1.29 is 0 Å². The molecule has 0 aromatic rings. The zero-order valence-corrected chi connectivity index (χ0v) is 7.89. The topological polar surface area (TPSA) is 12.4 Å². The largest absolute Gasteiger partial charge is 0.262 e. The summed E-state index contributed by atoms with van der Waals surface area (Å²) in [6, 6.07) is 0. The van der Waals surface area contributed by atoms with Crippen LogP contribution in [-0.4, -0.2) is 6.21 Å². The second kappa shape index (κ2) is 5.90. The molecule has 0 radical (unpaired) electrons. The van der Waals surface area contributed by atoms with E-state index in [1.807, 2.05) is 32.2 Å². The van der Waals surface area contributed by atoms with Gasteiger partial charge in [0.05, 0.1) is 0 Å². The lowest BCUT2D eigenvalue weighted by Gasteiger charge is -1.96. The molecule has 0 fully saturated rings. The molecule has 0 aromatic heterocycles. The highest BCUT2D eigenvalue weighted by atomic mass is 14.7. The van der Waals surface area contributed by atoms with Crippen molar-refractivity contribution in [3.05, 3.63) is 23.4 Å². The Morgan fingerprint density at radius 2 is 2.00 bits per heavy atom. The Hall–Kier alpha value is -0.850. The molecule has 11 heavy (non-hydrogen) atoms. The van der Waals surface area contributed by atoms with Crippen molar-refractivity contribution in [2.45, 2.75) is 34.1 Å². The first-order valence-electron chi connectivity index (χ1n) is 4.04. The van der Waals surface area contributed by atoms with Gasteiger partial charge in [0.25, 0.3) is 0 Å². The fourth-order valence-corrected chi connectivity index (χ4v) is 0.607. The summed E-state index contributed by atoms with van der Waals surface area (Å²) in [5.41, 5.74) is 2.48. The first kappa shape index (κ1) is 10.2. The lowest BCUT2D eigenvalue weighted by atomic mass is 10.2. The second-order valence-corrected chi connectivity index (χ2v) is 2.52. The minimum absolute atomic E-state index is 1.08. The normalized spacial score (nSPS) is 14.5. The summed E-state index contributed by atoms with van der Waals surface area (Å²) < 4.78 is 0. The Labute approximate surface area is 69.5 Å². The fourth-order valence-electron chi connectivity index (χ4n) is 0.607. The van der Waals surface area contributed by atoms with E-state index in [2.05, 4.69) is 18.8 Å². The van der Waals surface area contributed by atoms with Crippen LogP contribution in [0.2, 0.25) is 0 Å². The molecule has 0 amide bonds. The van der Waals surface area contributed by atoms with Crippen LogP contribution in [-0.2, 0) is 0 Å². The van der Waals surface area contributed by atoms with Crippen molar-refractivity contribution in [2.75, 3.05) is 0 Å². The van der Waals surface area contributed by atoms with Gasteiger partial charge in [-0.2, -0.15) is 0 Å². The number of rotatable bonds is 3. The maximum atomic E-state index is 4.25. The van der Waals surface area contributed by atoms with Crippen LogP contribution < -0.4 is 0 Å². The maximum absolute atomic E-state index is 4.25. The van der Waals surface area contributed by atoms with Crippen LogP contribution in [0.5, 0.6) is 0 Å². The zero-order valence-electron chi connectivity index (χ0n) is 7.89. The van der Waals surface area contributed by atoms with Crippen molar-refractivity contribution >= 4 is 6.21 Å². The molecule has 0 aliphatic heterocycles. The third-order valence-electron chi connectivity index (χ3n) is 1.69. The summed E-state index contributed by atoms with van der Waals surface area (Å²) in [4.78, 5) is 4.25. The molecule has 0 aliphatic carbocycles. The third-order valence-corrected chi connectivity index (χ3v) is 1.69. The quantitative estimate of drug-likeness (QED) is 0.548. The Bertz CT molecular complexity index is 185. The van der Waals surface area contributed by atoms with Crippen molar-refractivity contribution in [3.63, 3.8) is 0 Å². The minimum Gasteiger partial charge on any atom is -0.262 e. The van der Waals surface area contributed by atoms with Crippen LogP contribution in [0.1, 0.15) is 34.1 Å². The zero-order chi connectivity index (χ0) is 8.69. The van der Waals surface area contributed by atoms with E-state index in [4.69, 9.17) is 0 Å². The van der Waals surface area contributed by atoms with Gasteiger partial charge in [-0.15, -0.1) is 0 Å². The van der Waals surface area contributed by atoms with E-state index in [0.717, 1.165) is 12.1 Å². The standard InChI is InChI=1S/C10H17N/c1-5-7-8-11-10(4)9(3)6-2/h5,7-8H,6H2,1-4H3/b7-5-,10-9+,11-8+. The molecule has 0 saturated carbocycles. The minimum atomic E-state index is 1.08. The first-order chi connectivity index (χ1) is 5.22. The van der Waals surface area contributed by atoms with Crippen molar-refractivity contribution in [3.8, 4) is 0 Å². The average Bonchev–Trinajstić information content (AvgIpc) is 2.03. The molecule has 1 heteroatoms. The molecular formula is C10H17N. The Morgan fingerprint density at radius 1 is 1.36 bits per heavy atom. The van der Waals surface area contributed by atoms with Gasteiger partial charge in [-0.1, -0.05) is 18.6 Å². The predicted octanol–water partition coefficient (Wildman–Crippen LogP) is 3.34. The number of nitrogens with zero attached hydrogens (tertiary/aromatic N) is 1. The number of aliphatic imine (C=N–C) groups is 1. The van der Waals surface area contributed by atoms with E-state index in [1.165, 1.54) is 5.57 Å². The molecule has 0 aromatic carbocycles. The van der Waals surface area contributed by atoms with Gasteiger partial charge in [-0.3, -0.25) is 4.99 Å². The monoisotopic (exact) mass is 151 g/mol. The lowest BCUT2D eigenvalue weighted by Crippen LogP contribution is -1.78. The maximum Gasteiger partial charge on any atom is 0.0361 e. The van der Waals surface area contributed by atoms with Crippen LogP contribution in [0.25, 0.3) is 0 Å². The van der Waals surface area contributed by atoms with Gasteiger partial charge >= 0.3 is 0 Å². The Balaban J connectivity index is 4.14. The lowest BCUT2D eigenvalue weighted by molar-refractivity contribution is 1.04. The molecule has 1 nitrogen and oxygen atoms in total. The van der Waals surface area contributed by atoms with Gasteiger partial charge in [-0.05, 0) is 33.3 Å². The summed E-state index contributed by atoms with van der Waals surface area (Å²) in [6.45, 7) is 8.28. The fraction of sp³-hybridized carbons (Fsp3) is 0.500. The summed E-state index contributed by atoms with van der Waals surface area (Å²) in [6.07, 6.45) is 6.82. The van der Waals surface area contributed by atoms with Crippen LogP contribution in [0.3, 0.4) is 0 Å². The van der Waals surface area contributed by atoms with Crippen LogP contribution in [0.15, 0.2) is 28.4 Å². The highest BCUT2D eigenvalue weighted by Gasteiger charge is 1.88. The predicted molar refractivity (Wildman–Crippen MR) is 52.0 cm³/mol. The van der Waals surface area contributed by atoms with Gasteiger partial charge in [0, 0.05) is 11.9 Å². The van der Waals surface area contributed by atoms with Gasteiger partial charge in [0.15, 0.2) is 0 Å². The first-order valence-corrected chi connectivity index (χ1v) is 4.04. The Kier molecular flexibility index (Phi) is 5.44. The number of hydrogen-bond acceptors (Lipinski definition) is 1. The van der Waals surface area contributed by atoms with Gasteiger partial charge in [0.1, 0.15) is 0 Å². The molecule has 0 heterocycles. The summed E-state index contributed by atoms with van der Waals surface area (Å²) in [5, 5.41) is 0. The number of allylic oxidation sites excluding steroid dienone is 4. The van der Waals surface area contributed by atoms with Crippen LogP contribution >= 0.6 is 0 Å². The van der Waals surface area contributed by atoms with E-state index < -0.39 is 0 Å². The molecule has 0 aliphatic rings. The molecule has 0 bridgehead atoms. The van der Waals surface area contributed by atoms with Crippen molar-refractivity contribution in [2.24, 2.45) is 4.99 Å². The molecule has 0 unspecified atom stereocenters. The average molecular weight is 151 g/mol. The van der Waals surface area contributed by atoms with E-state index in [0.29, 0.717) is 0 Å². The third kappa shape index (κ3) is 4.54. The summed E-state index contributed by atoms with van der Waals surface area (Å²) in [5.74, 6) is 0. The van der Waals surface area contributed by atoms with E-state index in [-0.39, 0.29) is 0 Å². The molecule has 0 rings (SSSR count). The molecule has 0 saturated heterocycles. The summed E-state index contributed by atoms with van der Waals surface area (Å²) >= 11 is 0. The smallest absolute Gasteiger partial charge is 0.0361 e. The van der Waals surface area contributed by atoms with Crippen molar-refractivity contribution in [1.82, 2.24) is 0 Å². The number of hydrogen-bond donors (Lipinski definition) is 0. The van der Waals surface area contributed by atoms with Crippen LogP contribution in [0.4, 0.5) is 0 Å². The molecule has 0 N–H and O–H groups in total.